The van der Waals surface area contributed by atoms with Gasteiger partial charge >= 0.3 is 0 Å². The quantitative estimate of drug-likeness (QED) is 0.728. The van der Waals surface area contributed by atoms with Crippen LogP contribution in [0.4, 0.5) is 0 Å². The van der Waals surface area contributed by atoms with Gasteiger partial charge in [0.15, 0.2) is 0 Å². The third-order valence-electron chi connectivity index (χ3n) is 5.47. The zero-order valence-corrected chi connectivity index (χ0v) is 12.2. The van der Waals surface area contributed by atoms with Gasteiger partial charge in [0.05, 0.1) is 12.1 Å². The van der Waals surface area contributed by atoms with Crippen LogP contribution >= 0.6 is 0 Å². The van der Waals surface area contributed by atoms with Crippen molar-refractivity contribution in [2.45, 2.75) is 71.1 Å². The maximum Gasteiger partial charge on any atom is 0.144 e. The Labute approximate surface area is 117 Å². The minimum absolute atomic E-state index is 0.635. The Hall–Kier alpha value is -1.02. The van der Waals surface area contributed by atoms with Crippen LogP contribution in [0.1, 0.15) is 71.1 Å². The van der Waals surface area contributed by atoms with Crippen molar-refractivity contribution in [1.29, 1.82) is 10.5 Å². The van der Waals surface area contributed by atoms with Crippen LogP contribution in [0.5, 0.6) is 0 Å². The number of rotatable bonds is 3. The molecule has 2 nitrogen and oxygen atoms in total. The van der Waals surface area contributed by atoms with Gasteiger partial charge in [0.1, 0.15) is 5.41 Å². The first-order chi connectivity index (χ1) is 9.23. The SMILES string of the molecule is CCCC1CCC(C2CCCC(C#N)(C#N)C2)CC1. The standard InChI is InChI=1S/C17H26N2/c1-2-4-14-6-8-15(9-7-14)16-5-3-10-17(11-16,12-18)13-19/h14-16H,2-11H2,1H3. The predicted molar refractivity (Wildman–Crippen MR) is 76.0 cm³/mol. The number of nitrogens with zero attached hydrogens (tertiary/aromatic N) is 2. The molecule has 0 aromatic rings. The van der Waals surface area contributed by atoms with E-state index in [1.807, 2.05) is 0 Å². The highest BCUT2D eigenvalue weighted by molar-refractivity contribution is 5.15. The lowest BCUT2D eigenvalue weighted by Crippen LogP contribution is -2.31. The van der Waals surface area contributed by atoms with E-state index in [-0.39, 0.29) is 0 Å². The van der Waals surface area contributed by atoms with Crippen molar-refractivity contribution in [3.63, 3.8) is 0 Å². The molecular weight excluding hydrogens is 232 g/mol. The summed E-state index contributed by atoms with van der Waals surface area (Å²) in [4.78, 5) is 0. The van der Waals surface area contributed by atoms with Crippen molar-refractivity contribution in [2.75, 3.05) is 0 Å². The summed E-state index contributed by atoms with van der Waals surface area (Å²) >= 11 is 0. The molecule has 2 rings (SSSR count). The summed E-state index contributed by atoms with van der Waals surface area (Å²) in [5.74, 6) is 2.37. The molecule has 0 N–H and O–H groups in total. The van der Waals surface area contributed by atoms with E-state index in [1.54, 1.807) is 0 Å². The van der Waals surface area contributed by atoms with Gasteiger partial charge < -0.3 is 0 Å². The van der Waals surface area contributed by atoms with E-state index >= 15 is 0 Å². The van der Waals surface area contributed by atoms with Crippen molar-refractivity contribution in [2.24, 2.45) is 23.2 Å². The number of hydrogen-bond acceptors (Lipinski definition) is 2. The fourth-order valence-corrected chi connectivity index (χ4v) is 4.30. The van der Waals surface area contributed by atoms with Crippen LogP contribution in [0, 0.1) is 45.8 Å². The Balaban J connectivity index is 1.90. The lowest BCUT2D eigenvalue weighted by Gasteiger charge is -2.39. The first-order valence-electron chi connectivity index (χ1n) is 8.05. The highest BCUT2D eigenvalue weighted by atomic mass is 14.5. The average Bonchev–Trinajstić information content (AvgIpc) is 2.48. The molecule has 104 valence electrons. The minimum atomic E-state index is -0.664. The number of nitriles is 2. The van der Waals surface area contributed by atoms with Gasteiger partial charge in [-0.25, -0.2) is 0 Å². The summed E-state index contributed by atoms with van der Waals surface area (Å²) in [6.45, 7) is 2.28. The molecular formula is C17H26N2. The van der Waals surface area contributed by atoms with E-state index in [2.05, 4.69) is 19.1 Å². The van der Waals surface area contributed by atoms with E-state index in [0.717, 1.165) is 31.1 Å². The molecule has 0 aromatic heterocycles. The van der Waals surface area contributed by atoms with Gasteiger partial charge in [0, 0.05) is 0 Å². The van der Waals surface area contributed by atoms with E-state index in [1.165, 1.54) is 44.9 Å². The molecule has 0 bridgehead atoms. The first kappa shape index (κ1) is 14.4. The zero-order chi connectivity index (χ0) is 13.7. The molecule has 0 radical (unpaired) electrons. The fourth-order valence-electron chi connectivity index (χ4n) is 4.30. The third kappa shape index (κ3) is 3.30. The van der Waals surface area contributed by atoms with Crippen LogP contribution in [0.2, 0.25) is 0 Å². The molecule has 2 fully saturated rings. The molecule has 0 spiro atoms. The van der Waals surface area contributed by atoms with Crippen LogP contribution < -0.4 is 0 Å². The monoisotopic (exact) mass is 258 g/mol. The Morgan fingerprint density at radius 2 is 1.68 bits per heavy atom. The molecule has 1 unspecified atom stereocenters. The van der Waals surface area contributed by atoms with Crippen molar-refractivity contribution in [1.82, 2.24) is 0 Å². The Bertz CT molecular complexity index is 352. The van der Waals surface area contributed by atoms with Gasteiger partial charge in [-0.2, -0.15) is 10.5 Å². The summed E-state index contributed by atoms with van der Waals surface area (Å²) in [5, 5.41) is 18.6. The summed E-state index contributed by atoms with van der Waals surface area (Å²) in [6.07, 6.45) is 12.1. The van der Waals surface area contributed by atoms with Gasteiger partial charge in [-0.1, -0.05) is 39.0 Å². The zero-order valence-electron chi connectivity index (χ0n) is 12.2. The molecule has 0 heterocycles. The lowest BCUT2D eigenvalue weighted by atomic mass is 9.64. The Morgan fingerprint density at radius 3 is 2.26 bits per heavy atom. The minimum Gasteiger partial charge on any atom is -0.197 e. The summed E-state index contributed by atoms with van der Waals surface area (Å²) < 4.78 is 0. The molecule has 0 aliphatic heterocycles. The molecule has 1 atom stereocenters. The van der Waals surface area contributed by atoms with Gasteiger partial charge in [0.2, 0.25) is 0 Å². The van der Waals surface area contributed by atoms with E-state index < -0.39 is 5.41 Å². The van der Waals surface area contributed by atoms with Gasteiger partial charge in [-0.3, -0.25) is 0 Å². The topological polar surface area (TPSA) is 47.6 Å². The maximum atomic E-state index is 9.30. The summed E-state index contributed by atoms with van der Waals surface area (Å²) in [7, 11) is 0. The van der Waals surface area contributed by atoms with Gasteiger partial charge in [-0.15, -0.1) is 0 Å². The highest BCUT2D eigenvalue weighted by Crippen LogP contribution is 2.46. The average molecular weight is 258 g/mol. The first-order valence-corrected chi connectivity index (χ1v) is 8.05. The smallest absolute Gasteiger partial charge is 0.144 e. The van der Waals surface area contributed by atoms with Crippen LogP contribution in [0.3, 0.4) is 0 Å². The van der Waals surface area contributed by atoms with E-state index in [0.29, 0.717) is 5.92 Å². The predicted octanol–water partition coefficient (Wildman–Crippen LogP) is 4.82. The van der Waals surface area contributed by atoms with Crippen molar-refractivity contribution < 1.29 is 0 Å². The summed E-state index contributed by atoms with van der Waals surface area (Å²) in [6, 6.07) is 4.61. The molecule has 0 aromatic carbocycles. The van der Waals surface area contributed by atoms with Crippen LogP contribution in [0.25, 0.3) is 0 Å². The molecule has 2 aliphatic rings. The second-order valence-corrected chi connectivity index (χ2v) is 6.73. The normalized spacial score (nSPS) is 34.2. The molecule has 0 amide bonds. The molecule has 2 saturated carbocycles. The van der Waals surface area contributed by atoms with E-state index in [4.69, 9.17) is 0 Å². The number of hydrogen-bond donors (Lipinski definition) is 0. The lowest BCUT2D eigenvalue weighted by molar-refractivity contribution is 0.131. The molecule has 0 saturated heterocycles. The second kappa shape index (κ2) is 6.42. The highest BCUT2D eigenvalue weighted by Gasteiger charge is 2.40. The van der Waals surface area contributed by atoms with Crippen LogP contribution in [-0.2, 0) is 0 Å². The Kier molecular flexibility index (Phi) is 4.87. The Morgan fingerprint density at radius 1 is 1.00 bits per heavy atom. The summed E-state index contributed by atoms with van der Waals surface area (Å²) in [5.41, 5.74) is -0.664. The third-order valence-corrected chi connectivity index (χ3v) is 5.47. The maximum absolute atomic E-state index is 9.30. The molecule has 2 heteroatoms. The van der Waals surface area contributed by atoms with Gasteiger partial charge in [-0.05, 0) is 49.9 Å². The fraction of sp³-hybridized carbons (Fsp3) is 0.882. The van der Waals surface area contributed by atoms with Crippen molar-refractivity contribution in [3.8, 4) is 12.1 Å². The second-order valence-electron chi connectivity index (χ2n) is 6.73. The van der Waals surface area contributed by atoms with E-state index in [9.17, 15) is 10.5 Å². The van der Waals surface area contributed by atoms with Crippen molar-refractivity contribution >= 4 is 0 Å². The molecule has 19 heavy (non-hydrogen) atoms. The van der Waals surface area contributed by atoms with Gasteiger partial charge in [0.25, 0.3) is 0 Å². The van der Waals surface area contributed by atoms with Crippen molar-refractivity contribution in [3.05, 3.63) is 0 Å². The molecule has 2 aliphatic carbocycles. The van der Waals surface area contributed by atoms with Crippen LogP contribution in [0.15, 0.2) is 0 Å². The largest absolute Gasteiger partial charge is 0.197 e. The van der Waals surface area contributed by atoms with Crippen LogP contribution in [-0.4, -0.2) is 0 Å².